The highest BCUT2D eigenvalue weighted by Gasteiger charge is 2.06. The Morgan fingerprint density at radius 2 is 0.745 bits per heavy atom. The Hall–Kier alpha value is -3.67. The van der Waals surface area contributed by atoms with E-state index in [1.165, 1.54) is 5.56 Å². The summed E-state index contributed by atoms with van der Waals surface area (Å²) in [5.74, 6) is -0.378. The first-order valence-corrected chi connectivity index (χ1v) is 16.0. The number of hydrogen-bond acceptors (Lipinski definition) is 9. The summed E-state index contributed by atoms with van der Waals surface area (Å²) in [7, 11) is 1.64. The summed E-state index contributed by atoms with van der Waals surface area (Å²) in [5.41, 5.74) is 4.90. The van der Waals surface area contributed by atoms with Crippen molar-refractivity contribution in [2.24, 2.45) is 0 Å². The summed E-state index contributed by atoms with van der Waals surface area (Å²) in [6.07, 6.45) is 8.27. The van der Waals surface area contributed by atoms with Crippen LogP contribution in [0.2, 0.25) is 0 Å². The molecule has 9 nitrogen and oxygen atoms in total. The molecule has 0 fully saturated rings. The first-order chi connectivity index (χ1) is 23.2. The predicted molar refractivity (Wildman–Crippen MR) is 184 cm³/mol. The standard InChI is InChI=1S/C38H48O9/c1-40-19-20-41-21-22-42-23-24-43-25-26-44-27-28-45-29-30-46-31-32-47-38(39)37-17-15-36(16-18-37)14-13-35-11-9-34(10-12-35)8-7-33-5-3-2-4-6-33/h2-18H,19-32H2,1H3/b8-7+,14-13+. The Labute approximate surface area is 279 Å². The smallest absolute Gasteiger partial charge is 0.338 e. The number of hydrogen-bond donors (Lipinski definition) is 0. The van der Waals surface area contributed by atoms with Gasteiger partial charge in [-0.05, 0) is 34.4 Å². The lowest BCUT2D eigenvalue weighted by atomic mass is 10.1. The van der Waals surface area contributed by atoms with Crippen LogP contribution in [0.1, 0.15) is 32.6 Å². The molecule has 0 radical (unpaired) electrons. The summed E-state index contributed by atoms with van der Waals surface area (Å²) >= 11 is 0. The second-order valence-electron chi connectivity index (χ2n) is 10.2. The van der Waals surface area contributed by atoms with E-state index in [1.54, 1.807) is 19.2 Å². The van der Waals surface area contributed by atoms with E-state index in [2.05, 4.69) is 48.6 Å². The molecule has 9 heteroatoms. The van der Waals surface area contributed by atoms with Crippen LogP contribution in [0.5, 0.6) is 0 Å². The van der Waals surface area contributed by atoms with Gasteiger partial charge in [-0.15, -0.1) is 0 Å². The van der Waals surface area contributed by atoms with Gasteiger partial charge in [-0.3, -0.25) is 0 Å². The number of methoxy groups -OCH3 is 1. The summed E-state index contributed by atoms with van der Waals surface area (Å²) in [5, 5.41) is 0. The summed E-state index contributed by atoms with van der Waals surface area (Å²) < 4.78 is 42.8. The van der Waals surface area contributed by atoms with Gasteiger partial charge >= 0.3 is 5.97 Å². The first-order valence-electron chi connectivity index (χ1n) is 16.0. The number of ether oxygens (including phenoxy) is 8. The average molecular weight is 649 g/mol. The Kier molecular flexibility index (Phi) is 20.4. The van der Waals surface area contributed by atoms with E-state index in [-0.39, 0.29) is 12.6 Å². The molecule has 0 saturated carbocycles. The molecule has 3 rings (SSSR count). The molecule has 0 saturated heterocycles. The van der Waals surface area contributed by atoms with E-state index >= 15 is 0 Å². The number of esters is 1. The predicted octanol–water partition coefficient (Wildman–Crippen LogP) is 5.93. The topological polar surface area (TPSA) is 90.9 Å². The van der Waals surface area contributed by atoms with Gasteiger partial charge in [0.15, 0.2) is 0 Å². The third kappa shape index (κ3) is 18.3. The van der Waals surface area contributed by atoms with Crippen LogP contribution >= 0.6 is 0 Å². The number of benzene rings is 3. The molecule has 0 amide bonds. The largest absolute Gasteiger partial charge is 0.460 e. The van der Waals surface area contributed by atoms with E-state index in [9.17, 15) is 4.79 Å². The van der Waals surface area contributed by atoms with Gasteiger partial charge in [-0.25, -0.2) is 4.79 Å². The fourth-order valence-corrected chi connectivity index (χ4v) is 4.02. The fraction of sp³-hybridized carbons (Fsp3) is 0.395. The zero-order valence-corrected chi connectivity index (χ0v) is 27.4. The zero-order valence-electron chi connectivity index (χ0n) is 27.4. The van der Waals surface area contributed by atoms with Crippen molar-refractivity contribution in [2.45, 2.75) is 0 Å². The molecule has 47 heavy (non-hydrogen) atoms. The summed E-state index contributed by atoms with van der Waals surface area (Å²) in [6, 6.07) is 25.9. The third-order valence-corrected chi connectivity index (χ3v) is 6.57. The van der Waals surface area contributed by atoms with Crippen LogP contribution in [0.15, 0.2) is 78.9 Å². The molecule has 254 valence electrons. The highest BCUT2D eigenvalue weighted by molar-refractivity contribution is 5.89. The number of rotatable bonds is 26. The number of carbonyl (C=O) groups excluding carboxylic acids is 1. The first kappa shape index (κ1) is 37.8. The van der Waals surface area contributed by atoms with Crippen molar-refractivity contribution in [1.29, 1.82) is 0 Å². The highest BCUT2D eigenvalue weighted by Crippen LogP contribution is 2.13. The van der Waals surface area contributed by atoms with Crippen molar-refractivity contribution in [2.75, 3.05) is 99.6 Å². The van der Waals surface area contributed by atoms with Crippen LogP contribution in [0, 0.1) is 0 Å². The van der Waals surface area contributed by atoms with E-state index < -0.39 is 0 Å². The molecule has 0 unspecified atom stereocenters. The second kappa shape index (κ2) is 25.4. The lowest BCUT2D eigenvalue weighted by Gasteiger charge is -2.08. The van der Waals surface area contributed by atoms with Crippen molar-refractivity contribution < 1.29 is 42.7 Å². The van der Waals surface area contributed by atoms with Gasteiger partial charge in [0, 0.05) is 7.11 Å². The molecule has 0 aliphatic carbocycles. The molecule has 0 spiro atoms. The normalized spacial score (nSPS) is 11.5. The van der Waals surface area contributed by atoms with Crippen molar-refractivity contribution in [3.05, 3.63) is 107 Å². The summed E-state index contributed by atoms with van der Waals surface area (Å²) in [6.45, 7) is 6.54. The SMILES string of the molecule is COCCOCCOCCOCCOCCOCCOCCOC(=O)c1ccc(/C=C/c2ccc(/C=C/c3ccccc3)cc2)cc1. The van der Waals surface area contributed by atoms with Gasteiger partial charge in [-0.1, -0.05) is 91.0 Å². The molecular formula is C38H48O9. The summed E-state index contributed by atoms with van der Waals surface area (Å²) in [4.78, 5) is 12.3. The van der Waals surface area contributed by atoms with Gasteiger partial charge < -0.3 is 37.9 Å². The zero-order chi connectivity index (χ0) is 33.0. The molecule has 3 aromatic rings. The van der Waals surface area contributed by atoms with Crippen LogP contribution in [-0.2, 0) is 37.9 Å². The molecule has 0 bridgehead atoms. The minimum Gasteiger partial charge on any atom is -0.460 e. The Bertz CT molecular complexity index is 1260. The molecule has 3 aromatic carbocycles. The van der Waals surface area contributed by atoms with Crippen LogP contribution < -0.4 is 0 Å². The second-order valence-corrected chi connectivity index (χ2v) is 10.2. The van der Waals surface area contributed by atoms with Crippen molar-refractivity contribution >= 4 is 30.3 Å². The molecule has 0 atom stereocenters. The van der Waals surface area contributed by atoms with Gasteiger partial charge in [-0.2, -0.15) is 0 Å². The van der Waals surface area contributed by atoms with Crippen molar-refractivity contribution in [3.63, 3.8) is 0 Å². The van der Waals surface area contributed by atoms with Crippen LogP contribution in [0.3, 0.4) is 0 Å². The average Bonchev–Trinajstić information content (AvgIpc) is 3.11. The van der Waals surface area contributed by atoms with Gasteiger partial charge in [0.2, 0.25) is 0 Å². The lowest BCUT2D eigenvalue weighted by Crippen LogP contribution is -2.15. The van der Waals surface area contributed by atoms with Gasteiger partial charge in [0.25, 0.3) is 0 Å². The maximum Gasteiger partial charge on any atom is 0.338 e. The molecular weight excluding hydrogens is 600 g/mol. The van der Waals surface area contributed by atoms with Gasteiger partial charge in [0.1, 0.15) is 6.61 Å². The molecule has 0 N–H and O–H groups in total. The lowest BCUT2D eigenvalue weighted by molar-refractivity contribution is -0.0211. The van der Waals surface area contributed by atoms with Crippen LogP contribution in [0.4, 0.5) is 0 Å². The third-order valence-electron chi connectivity index (χ3n) is 6.57. The Morgan fingerprint density at radius 3 is 1.13 bits per heavy atom. The van der Waals surface area contributed by atoms with Gasteiger partial charge in [0.05, 0.1) is 91.5 Å². The van der Waals surface area contributed by atoms with E-state index in [0.29, 0.717) is 91.5 Å². The minimum absolute atomic E-state index is 0.174. The van der Waals surface area contributed by atoms with Crippen LogP contribution in [-0.4, -0.2) is 106 Å². The maximum absolute atomic E-state index is 12.3. The van der Waals surface area contributed by atoms with E-state index in [4.69, 9.17) is 37.9 Å². The fourth-order valence-electron chi connectivity index (χ4n) is 4.02. The molecule has 0 aliphatic heterocycles. The van der Waals surface area contributed by atoms with E-state index in [1.807, 2.05) is 42.5 Å². The Balaban J connectivity index is 1.13. The Morgan fingerprint density at radius 1 is 0.426 bits per heavy atom. The molecule has 0 heterocycles. The number of carbonyl (C=O) groups is 1. The minimum atomic E-state index is -0.378. The monoisotopic (exact) mass is 648 g/mol. The van der Waals surface area contributed by atoms with Crippen molar-refractivity contribution in [3.8, 4) is 0 Å². The van der Waals surface area contributed by atoms with Crippen LogP contribution in [0.25, 0.3) is 24.3 Å². The molecule has 0 aliphatic rings. The van der Waals surface area contributed by atoms with E-state index in [0.717, 1.165) is 16.7 Å². The maximum atomic E-state index is 12.3. The van der Waals surface area contributed by atoms with Crippen molar-refractivity contribution in [1.82, 2.24) is 0 Å². The highest BCUT2D eigenvalue weighted by atomic mass is 16.6. The molecule has 0 aromatic heterocycles. The quantitative estimate of drug-likeness (QED) is 0.0597.